The van der Waals surface area contributed by atoms with Gasteiger partial charge in [0.15, 0.2) is 0 Å². The van der Waals surface area contributed by atoms with Gasteiger partial charge in [0.1, 0.15) is 0 Å². The maximum Gasteiger partial charge on any atom is 0.255 e. The summed E-state index contributed by atoms with van der Waals surface area (Å²) in [5.41, 5.74) is 6.71. The second-order valence-corrected chi connectivity index (χ2v) is 7.17. The van der Waals surface area contributed by atoms with E-state index in [0.29, 0.717) is 30.1 Å². The number of benzene rings is 1. The van der Waals surface area contributed by atoms with Crippen LogP contribution in [0.3, 0.4) is 0 Å². The molecule has 2 unspecified atom stereocenters. The first-order valence-electron chi connectivity index (χ1n) is 7.83. The topological polar surface area (TPSA) is 79.2 Å². The van der Waals surface area contributed by atoms with Crippen LogP contribution in [0.5, 0.6) is 0 Å². The Labute approximate surface area is 155 Å². The van der Waals surface area contributed by atoms with Gasteiger partial charge in [0.05, 0.1) is 5.56 Å². The van der Waals surface area contributed by atoms with Crippen LogP contribution in [0.25, 0.3) is 10.9 Å². The van der Waals surface area contributed by atoms with Crippen molar-refractivity contribution in [3.8, 4) is 0 Å². The van der Waals surface area contributed by atoms with E-state index in [2.05, 4.69) is 27.8 Å². The molecule has 2 atom stereocenters. The van der Waals surface area contributed by atoms with E-state index in [1.807, 2.05) is 17.0 Å². The summed E-state index contributed by atoms with van der Waals surface area (Å²) in [6.45, 7) is 3.31. The number of pyridine rings is 1. The van der Waals surface area contributed by atoms with Gasteiger partial charge in [0.2, 0.25) is 5.56 Å². The Morgan fingerprint density at radius 1 is 1.42 bits per heavy atom. The van der Waals surface area contributed by atoms with Crippen LogP contribution in [-0.4, -0.2) is 34.9 Å². The monoisotopic (exact) mass is 413 g/mol. The molecule has 0 radical (unpaired) electrons. The largest absolute Gasteiger partial charge is 0.334 e. The standard InChI is InChI=1S/C17H20BrN3O2.ClH/c1-10-4-5-21(12(6-10)9-19)17(23)14-8-16(22)20-15-3-2-11(18)7-13(14)15;/h2-3,7-8,10,12H,4-6,9,19H2,1H3,(H,20,22);1H. The molecule has 3 rings (SSSR count). The molecule has 5 nitrogen and oxygen atoms in total. The van der Waals surface area contributed by atoms with Crippen LogP contribution in [0.2, 0.25) is 0 Å². The smallest absolute Gasteiger partial charge is 0.255 e. The summed E-state index contributed by atoms with van der Waals surface area (Å²) in [4.78, 5) is 29.6. The van der Waals surface area contributed by atoms with Crippen LogP contribution in [0.15, 0.2) is 33.5 Å². The van der Waals surface area contributed by atoms with Gasteiger partial charge in [-0.05, 0) is 37.0 Å². The number of hydrogen-bond donors (Lipinski definition) is 2. The van der Waals surface area contributed by atoms with Crippen molar-refractivity contribution in [3.05, 3.63) is 44.7 Å². The van der Waals surface area contributed by atoms with Crippen LogP contribution in [-0.2, 0) is 0 Å². The Bertz CT molecular complexity index is 808. The molecule has 1 aromatic carbocycles. The molecule has 0 saturated carbocycles. The fourth-order valence-corrected chi connectivity index (χ4v) is 3.66. The normalized spacial score (nSPS) is 20.7. The van der Waals surface area contributed by atoms with Gasteiger partial charge in [-0.15, -0.1) is 12.4 Å². The number of nitrogens with one attached hydrogen (secondary N) is 1. The Hall–Kier alpha value is -1.37. The van der Waals surface area contributed by atoms with E-state index in [-0.39, 0.29) is 29.9 Å². The first-order chi connectivity index (χ1) is 11.0. The first kappa shape index (κ1) is 19.0. The van der Waals surface area contributed by atoms with E-state index in [0.717, 1.165) is 22.7 Å². The predicted octanol–water partition coefficient (Wildman–Crippen LogP) is 2.91. The number of hydrogen-bond acceptors (Lipinski definition) is 3. The quantitative estimate of drug-likeness (QED) is 0.793. The predicted molar refractivity (Wildman–Crippen MR) is 102 cm³/mol. The number of nitrogens with two attached hydrogens (primary N) is 1. The molecule has 1 aliphatic heterocycles. The second kappa shape index (κ2) is 7.68. The highest BCUT2D eigenvalue weighted by molar-refractivity contribution is 9.10. The average Bonchev–Trinajstić information content (AvgIpc) is 2.53. The molecule has 1 aliphatic rings. The maximum atomic E-state index is 13.1. The van der Waals surface area contributed by atoms with Gasteiger partial charge in [-0.3, -0.25) is 9.59 Å². The summed E-state index contributed by atoms with van der Waals surface area (Å²) in [6.07, 6.45) is 1.88. The number of amides is 1. The van der Waals surface area contributed by atoms with E-state index < -0.39 is 0 Å². The third-order valence-electron chi connectivity index (χ3n) is 4.55. The summed E-state index contributed by atoms with van der Waals surface area (Å²) >= 11 is 3.43. The molecule has 7 heteroatoms. The minimum absolute atomic E-state index is 0. The number of H-pyrrole nitrogens is 1. The molecule has 2 aromatic rings. The number of fused-ring (bicyclic) bond motifs is 1. The number of carbonyl (C=O) groups is 1. The lowest BCUT2D eigenvalue weighted by Gasteiger charge is -2.38. The van der Waals surface area contributed by atoms with E-state index >= 15 is 0 Å². The minimum Gasteiger partial charge on any atom is -0.334 e. The van der Waals surface area contributed by atoms with Crippen molar-refractivity contribution in [3.63, 3.8) is 0 Å². The van der Waals surface area contributed by atoms with Crippen LogP contribution in [0.4, 0.5) is 0 Å². The number of halogens is 2. The zero-order valence-electron chi connectivity index (χ0n) is 13.4. The molecule has 2 heterocycles. The second-order valence-electron chi connectivity index (χ2n) is 6.25. The first-order valence-corrected chi connectivity index (χ1v) is 8.62. The third kappa shape index (κ3) is 3.66. The average molecular weight is 415 g/mol. The lowest BCUT2D eigenvalue weighted by molar-refractivity contribution is 0.0575. The van der Waals surface area contributed by atoms with Gasteiger partial charge >= 0.3 is 0 Å². The summed E-state index contributed by atoms with van der Waals surface area (Å²) < 4.78 is 0.869. The van der Waals surface area contributed by atoms with Crippen molar-refractivity contribution in [2.24, 2.45) is 11.7 Å². The lowest BCUT2D eigenvalue weighted by Crippen LogP contribution is -2.49. The molecule has 0 spiro atoms. The molecular weight excluding hydrogens is 394 g/mol. The van der Waals surface area contributed by atoms with Crippen molar-refractivity contribution >= 4 is 45.1 Å². The SMILES string of the molecule is CC1CCN(C(=O)c2cc(=O)[nH]c3ccc(Br)cc23)C(CN)C1.Cl. The summed E-state index contributed by atoms with van der Waals surface area (Å²) in [5, 5.41) is 0.748. The highest BCUT2D eigenvalue weighted by Gasteiger charge is 2.30. The third-order valence-corrected chi connectivity index (χ3v) is 5.04. The van der Waals surface area contributed by atoms with Crippen molar-refractivity contribution in [2.75, 3.05) is 13.1 Å². The highest BCUT2D eigenvalue weighted by atomic mass is 79.9. The van der Waals surface area contributed by atoms with Gasteiger partial charge in [-0.25, -0.2) is 0 Å². The zero-order chi connectivity index (χ0) is 16.6. The molecule has 0 bridgehead atoms. The minimum atomic E-state index is -0.266. The molecule has 3 N–H and O–H groups in total. The molecular formula is C17H21BrClN3O2. The molecule has 24 heavy (non-hydrogen) atoms. The number of piperidine rings is 1. The summed E-state index contributed by atoms with van der Waals surface area (Å²) in [5.74, 6) is 0.458. The Morgan fingerprint density at radius 3 is 2.88 bits per heavy atom. The Morgan fingerprint density at radius 2 is 2.17 bits per heavy atom. The lowest BCUT2D eigenvalue weighted by atomic mass is 9.91. The zero-order valence-corrected chi connectivity index (χ0v) is 15.8. The van der Waals surface area contributed by atoms with Gasteiger partial charge in [-0.1, -0.05) is 22.9 Å². The van der Waals surface area contributed by atoms with Crippen molar-refractivity contribution in [1.82, 2.24) is 9.88 Å². The summed E-state index contributed by atoms with van der Waals surface area (Å²) in [6, 6.07) is 6.94. The van der Waals surface area contributed by atoms with Crippen LogP contribution >= 0.6 is 28.3 Å². The van der Waals surface area contributed by atoms with Crippen LogP contribution in [0, 0.1) is 5.92 Å². The molecule has 1 amide bonds. The number of carbonyl (C=O) groups excluding carboxylic acids is 1. The van der Waals surface area contributed by atoms with E-state index in [1.54, 1.807) is 6.07 Å². The number of aromatic amines is 1. The van der Waals surface area contributed by atoms with Crippen LogP contribution < -0.4 is 11.3 Å². The van der Waals surface area contributed by atoms with Crippen LogP contribution in [0.1, 0.15) is 30.1 Å². The van der Waals surface area contributed by atoms with E-state index in [1.165, 1.54) is 6.07 Å². The van der Waals surface area contributed by atoms with E-state index in [4.69, 9.17) is 5.73 Å². The van der Waals surface area contributed by atoms with Gasteiger partial charge in [0, 0.05) is 40.6 Å². The fraction of sp³-hybridized carbons (Fsp3) is 0.412. The Balaban J connectivity index is 0.00000208. The van der Waals surface area contributed by atoms with Gasteiger partial charge in [0.25, 0.3) is 5.91 Å². The molecule has 1 fully saturated rings. The maximum absolute atomic E-state index is 13.1. The fourth-order valence-electron chi connectivity index (χ4n) is 3.30. The number of aromatic nitrogens is 1. The van der Waals surface area contributed by atoms with Crippen molar-refractivity contribution in [2.45, 2.75) is 25.8 Å². The summed E-state index contributed by atoms with van der Waals surface area (Å²) in [7, 11) is 0. The Kier molecular flexibility index (Phi) is 6.06. The highest BCUT2D eigenvalue weighted by Crippen LogP contribution is 2.26. The number of likely N-dealkylation sites (tertiary alicyclic amines) is 1. The van der Waals surface area contributed by atoms with Gasteiger partial charge < -0.3 is 15.6 Å². The van der Waals surface area contributed by atoms with Crippen molar-refractivity contribution < 1.29 is 4.79 Å². The molecule has 0 aliphatic carbocycles. The van der Waals surface area contributed by atoms with Gasteiger partial charge in [-0.2, -0.15) is 0 Å². The molecule has 130 valence electrons. The van der Waals surface area contributed by atoms with E-state index in [9.17, 15) is 9.59 Å². The number of nitrogens with zero attached hydrogens (tertiary/aromatic N) is 1. The number of rotatable bonds is 2. The molecule has 1 saturated heterocycles. The molecule has 1 aromatic heterocycles. The van der Waals surface area contributed by atoms with Crippen molar-refractivity contribution in [1.29, 1.82) is 0 Å².